The van der Waals surface area contributed by atoms with Gasteiger partial charge in [0.2, 0.25) is 0 Å². The molecule has 0 unspecified atom stereocenters. The van der Waals surface area contributed by atoms with Crippen LogP contribution in [-0.2, 0) is 4.79 Å². The summed E-state index contributed by atoms with van der Waals surface area (Å²) >= 11 is 0. The molecule has 0 fully saturated rings. The lowest BCUT2D eigenvalue weighted by atomic mass is 10.1. The van der Waals surface area contributed by atoms with Crippen molar-refractivity contribution >= 4 is 17.4 Å². The zero-order valence-corrected chi connectivity index (χ0v) is 11.1. The van der Waals surface area contributed by atoms with Gasteiger partial charge in [-0.25, -0.2) is 4.79 Å². The molecular formula is C16H15NO3. The molecule has 0 spiro atoms. The van der Waals surface area contributed by atoms with E-state index in [0.29, 0.717) is 12.1 Å². The molecule has 102 valence electrons. The van der Waals surface area contributed by atoms with Crippen LogP contribution in [0.5, 0.6) is 0 Å². The van der Waals surface area contributed by atoms with Gasteiger partial charge in [0.1, 0.15) is 0 Å². The largest absolute Gasteiger partial charge is 0.478 e. The molecule has 0 aromatic heterocycles. The van der Waals surface area contributed by atoms with Crippen molar-refractivity contribution in [1.29, 1.82) is 0 Å². The molecule has 4 nitrogen and oxygen atoms in total. The second kappa shape index (κ2) is 6.02. The Morgan fingerprint density at radius 1 is 1.25 bits per heavy atom. The van der Waals surface area contributed by atoms with Crippen molar-refractivity contribution in [2.45, 2.75) is 13.3 Å². The van der Waals surface area contributed by atoms with E-state index in [1.807, 2.05) is 18.2 Å². The van der Waals surface area contributed by atoms with Gasteiger partial charge in [0.05, 0.1) is 5.56 Å². The minimum absolute atomic E-state index is 0.0119. The lowest BCUT2D eigenvalue weighted by Crippen LogP contribution is -2.03. The van der Waals surface area contributed by atoms with E-state index < -0.39 is 5.97 Å². The highest BCUT2D eigenvalue weighted by Crippen LogP contribution is 2.15. The number of rotatable bonds is 5. The highest BCUT2D eigenvalue weighted by atomic mass is 16.4. The average molecular weight is 269 g/mol. The summed E-state index contributed by atoms with van der Waals surface area (Å²) in [5.74, 6) is -0.971. The third-order valence-corrected chi connectivity index (χ3v) is 2.91. The zero-order chi connectivity index (χ0) is 14.5. The van der Waals surface area contributed by atoms with E-state index in [1.54, 1.807) is 25.1 Å². The summed E-state index contributed by atoms with van der Waals surface area (Å²) in [5.41, 5.74) is 2.46. The maximum absolute atomic E-state index is 11.9. The molecule has 0 amide bonds. The predicted octanol–water partition coefficient (Wildman–Crippen LogP) is 3.16. The minimum atomic E-state index is -0.959. The van der Waals surface area contributed by atoms with Crippen LogP contribution >= 0.6 is 0 Å². The number of carboxylic acid groups (broad SMARTS) is 1. The number of carbonyl (C=O) groups is 2. The SMILES string of the molecule is C/C(=C\C(=O)C1=CC=CC1)Nc1ccc(C(=O)O)cc1. The van der Waals surface area contributed by atoms with Gasteiger partial charge in [-0.05, 0) is 37.6 Å². The summed E-state index contributed by atoms with van der Waals surface area (Å²) in [7, 11) is 0. The Labute approximate surface area is 117 Å². The van der Waals surface area contributed by atoms with Crippen LogP contribution in [0.1, 0.15) is 23.7 Å². The third kappa shape index (κ3) is 3.45. The fourth-order valence-electron chi connectivity index (χ4n) is 1.88. The van der Waals surface area contributed by atoms with E-state index in [0.717, 1.165) is 11.3 Å². The van der Waals surface area contributed by atoms with Crippen molar-refractivity contribution in [3.05, 3.63) is 65.4 Å². The number of nitrogens with one attached hydrogen (secondary N) is 1. The normalized spacial score (nSPS) is 14.1. The van der Waals surface area contributed by atoms with Crippen LogP contribution in [0.2, 0.25) is 0 Å². The second-order valence-corrected chi connectivity index (χ2v) is 4.52. The molecule has 1 aliphatic rings. The number of hydrogen-bond acceptors (Lipinski definition) is 3. The van der Waals surface area contributed by atoms with Crippen molar-refractivity contribution in [1.82, 2.24) is 0 Å². The fourth-order valence-corrected chi connectivity index (χ4v) is 1.88. The molecule has 2 N–H and O–H groups in total. The Morgan fingerprint density at radius 2 is 1.95 bits per heavy atom. The van der Waals surface area contributed by atoms with Crippen LogP contribution < -0.4 is 5.32 Å². The maximum atomic E-state index is 11.9. The molecule has 1 aromatic rings. The smallest absolute Gasteiger partial charge is 0.335 e. The van der Waals surface area contributed by atoms with Crippen LogP contribution in [0.4, 0.5) is 5.69 Å². The molecule has 0 bridgehead atoms. The molecule has 4 heteroatoms. The number of allylic oxidation sites excluding steroid dienone is 6. The highest BCUT2D eigenvalue weighted by molar-refractivity contribution is 6.05. The van der Waals surface area contributed by atoms with Gasteiger partial charge >= 0.3 is 5.97 Å². The van der Waals surface area contributed by atoms with Crippen LogP contribution in [0.15, 0.2) is 59.8 Å². The number of aromatic carboxylic acids is 1. The standard InChI is InChI=1S/C16H15NO3/c1-11(10-15(18)12-4-2-3-5-12)17-14-8-6-13(7-9-14)16(19)20/h2-4,6-10,17H,5H2,1H3,(H,19,20)/b11-10+. The predicted molar refractivity (Wildman–Crippen MR) is 77.6 cm³/mol. The molecule has 0 heterocycles. The molecule has 0 atom stereocenters. The molecule has 0 radical (unpaired) electrons. The van der Waals surface area contributed by atoms with Gasteiger partial charge in [0.15, 0.2) is 5.78 Å². The van der Waals surface area contributed by atoms with Crippen molar-refractivity contribution < 1.29 is 14.7 Å². The van der Waals surface area contributed by atoms with Crippen molar-refractivity contribution in [3.8, 4) is 0 Å². The Hall–Kier alpha value is -2.62. The molecule has 2 rings (SSSR count). The van der Waals surface area contributed by atoms with E-state index in [2.05, 4.69) is 5.32 Å². The number of anilines is 1. The zero-order valence-electron chi connectivity index (χ0n) is 11.1. The van der Waals surface area contributed by atoms with Gasteiger partial charge in [-0.1, -0.05) is 18.2 Å². The van der Waals surface area contributed by atoms with Gasteiger partial charge in [-0.2, -0.15) is 0 Å². The van der Waals surface area contributed by atoms with E-state index in [1.165, 1.54) is 12.1 Å². The number of hydrogen-bond donors (Lipinski definition) is 2. The first-order valence-corrected chi connectivity index (χ1v) is 6.25. The van der Waals surface area contributed by atoms with Crippen LogP contribution in [0.25, 0.3) is 0 Å². The Morgan fingerprint density at radius 3 is 2.50 bits per heavy atom. The summed E-state index contributed by atoms with van der Waals surface area (Å²) in [5, 5.41) is 11.9. The number of carbonyl (C=O) groups excluding carboxylic acids is 1. The fraction of sp³-hybridized carbons (Fsp3) is 0.125. The van der Waals surface area contributed by atoms with Crippen LogP contribution in [-0.4, -0.2) is 16.9 Å². The second-order valence-electron chi connectivity index (χ2n) is 4.52. The molecule has 20 heavy (non-hydrogen) atoms. The molecular weight excluding hydrogens is 254 g/mol. The topological polar surface area (TPSA) is 66.4 Å². The Kier molecular flexibility index (Phi) is 4.15. The number of benzene rings is 1. The van der Waals surface area contributed by atoms with Crippen molar-refractivity contribution in [2.24, 2.45) is 0 Å². The van der Waals surface area contributed by atoms with E-state index in [-0.39, 0.29) is 11.3 Å². The molecule has 1 aromatic carbocycles. The monoisotopic (exact) mass is 269 g/mol. The molecule has 0 saturated carbocycles. The van der Waals surface area contributed by atoms with Crippen LogP contribution in [0, 0.1) is 0 Å². The first kappa shape index (κ1) is 13.8. The highest BCUT2D eigenvalue weighted by Gasteiger charge is 2.08. The summed E-state index contributed by atoms with van der Waals surface area (Å²) in [6, 6.07) is 6.37. The number of carboxylic acids is 1. The van der Waals surface area contributed by atoms with Gasteiger partial charge < -0.3 is 10.4 Å². The van der Waals surface area contributed by atoms with Crippen molar-refractivity contribution in [2.75, 3.05) is 5.32 Å². The molecule has 1 aliphatic carbocycles. The van der Waals surface area contributed by atoms with Gasteiger partial charge in [0.25, 0.3) is 0 Å². The van der Waals surface area contributed by atoms with E-state index in [4.69, 9.17) is 5.11 Å². The van der Waals surface area contributed by atoms with Gasteiger partial charge in [-0.3, -0.25) is 4.79 Å². The van der Waals surface area contributed by atoms with Gasteiger partial charge in [0, 0.05) is 23.0 Å². The Balaban J connectivity index is 2.01. The first-order valence-electron chi connectivity index (χ1n) is 6.25. The quantitative estimate of drug-likeness (QED) is 0.806. The third-order valence-electron chi connectivity index (χ3n) is 2.91. The summed E-state index contributed by atoms with van der Waals surface area (Å²) in [6.07, 6.45) is 7.84. The summed E-state index contributed by atoms with van der Waals surface area (Å²) < 4.78 is 0. The van der Waals surface area contributed by atoms with Gasteiger partial charge in [-0.15, -0.1) is 0 Å². The molecule has 0 aliphatic heterocycles. The number of ketones is 1. The van der Waals surface area contributed by atoms with E-state index >= 15 is 0 Å². The molecule has 0 saturated heterocycles. The minimum Gasteiger partial charge on any atom is -0.478 e. The van der Waals surface area contributed by atoms with Crippen molar-refractivity contribution in [3.63, 3.8) is 0 Å². The maximum Gasteiger partial charge on any atom is 0.335 e. The Bertz CT molecular complexity index is 622. The van der Waals surface area contributed by atoms with Crippen LogP contribution in [0.3, 0.4) is 0 Å². The lowest BCUT2D eigenvalue weighted by Gasteiger charge is -2.07. The first-order chi connectivity index (χ1) is 9.56. The summed E-state index contributed by atoms with van der Waals surface area (Å²) in [6.45, 7) is 1.80. The lowest BCUT2D eigenvalue weighted by molar-refractivity contribution is -0.111. The summed E-state index contributed by atoms with van der Waals surface area (Å²) in [4.78, 5) is 22.6. The average Bonchev–Trinajstić information content (AvgIpc) is 2.93. The van der Waals surface area contributed by atoms with E-state index in [9.17, 15) is 9.59 Å².